The average Bonchev–Trinajstić information content (AvgIpc) is 2.45. The summed E-state index contributed by atoms with van der Waals surface area (Å²) < 4.78 is 23.3. The number of carbonyl (C=O) groups is 1. The average molecular weight is 295 g/mol. The SMILES string of the molecule is C=C(C)COCCNC(=O)CCCOc1ccc(F)cc1. The van der Waals surface area contributed by atoms with E-state index in [9.17, 15) is 9.18 Å². The smallest absolute Gasteiger partial charge is 0.220 e. The summed E-state index contributed by atoms with van der Waals surface area (Å²) in [7, 11) is 0. The lowest BCUT2D eigenvalue weighted by atomic mass is 10.3. The number of benzene rings is 1. The van der Waals surface area contributed by atoms with Crippen LogP contribution in [0.4, 0.5) is 4.39 Å². The summed E-state index contributed by atoms with van der Waals surface area (Å²) >= 11 is 0. The summed E-state index contributed by atoms with van der Waals surface area (Å²) in [6.45, 7) is 7.51. The second kappa shape index (κ2) is 9.94. The van der Waals surface area contributed by atoms with Crippen molar-refractivity contribution in [2.24, 2.45) is 0 Å². The first-order chi connectivity index (χ1) is 10.1. The van der Waals surface area contributed by atoms with Crippen molar-refractivity contribution >= 4 is 5.91 Å². The molecule has 0 fully saturated rings. The number of amides is 1. The van der Waals surface area contributed by atoms with Gasteiger partial charge in [0.1, 0.15) is 11.6 Å². The minimum Gasteiger partial charge on any atom is -0.494 e. The van der Waals surface area contributed by atoms with E-state index in [0.29, 0.717) is 45.0 Å². The van der Waals surface area contributed by atoms with Gasteiger partial charge in [0.15, 0.2) is 0 Å². The maximum atomic E-state index is 12.7. The second-order valence-electron chi connectivity index (χ2n) is 4.77. The Morgan fingerprint density at radius 3 is 2.67 bits per heavy atom. The predicted molar refractivity (Wildman–Crippen MR) is 79.8 cm³/mol. The van der Waals surface area contributed by atoms with Gasteiger partial charge in [0, 0.05) is 13.0 Å². The highest BCUT2D eigenvalue weighted by molar-refractivity contribution is 5.75. The van der Waals surface area contributed by atoms with Crippen LogP contribution in [0.2, 0.25) is 0 Å². The van der Waals surface area contributed by atoms with Gasteiger partial charge in [0.25, 0.3) is 0 Å². The molecule has 1 aromatic rings. The Morgan fingerprint density at radius 2 is 2.00 bits per heavy atom. The minimum atomic E-state index is -0.296. The van der Waals surface area contributed by atoms with E-state index >= 15 is 0 Å². The fourth-order valence-electron chi connectivity index (χ4n) is 1.55. The molecule has 1 amide bonds. The normalized spacial score (nSPS) is 10.2. The van der Waals surface area contributed by atoms with Crippen molar-refractivity contribution in [1.82, 2.24) is 5.32 Å². The number of nitrogens with one attached hydrogen (secondary N) is 1. The van der Waals surface area contributed by atoms with Gasteiger partial charge in [-0.15, -0.1) is 0 Å². The van der Waals surface area contributed by atoms with Crippen LogP contribution in [0.1, 0.15) is 19.8 Å². The summed E-state index contributed by atoms with van der Waals surface area (Å²) in [5.74, 6) is 0.275. The summed E-state index contributed by atoms with van der Waals surface area (Å²) in [5.41, 5.74) is 0.958. The molecule has 0 heterocycles. The molecule has 116 valence electrons. The Hall–Kier alpha value is -1.88. The minimum absolute atomic E-state index is 0.0309. The number of rotatable bonds is 10. The number of hydrogen-bond acceptors (Lipinski definition) is 3. The lowest BCUT2D eigenvalue weighted by molar-refractivity contribution is -0.121. The predicted octanol–water partition coefficient (Wildman–Crippen LogP) is 2.69. The summed E-state index contributed by atoms with van der Waals surface area (Å²) in [4.78, 5) is 11.5. The highest BCUT2D eigenvalue weighted by atomic mass is 19.1. The van der Waals surface area contributed by atoms with Gasteiger partial charge in [-0.25, -0.2) is 4.39 Å². The fourth-order valence-corrected chi connectivity index (χ4v) is 1.55. The molecule has 0 aromatic heterocycles. The van der Waals surface area contributed by atoms with Gasteiger partial charge in [-0.05, 0) is 37.6 Å². The number of hydrogen-bond donors (Lipinski definition) is 1. The van der Waals surface area contributed by atoms with Crippen LogP contribution in [0.3, 0.4) is 0 Å². The highest BCUT2D eigenvalue weighted by Crippen LogP contribution is 2.11. The molecule has 4 nitrogen and oxygen atoms in total. The van der Waals surface area contributed by atoms with E-state index in [2.05, 4.69) is 11.9 Å². The Labute approximate surface area is 124 Å². The van der Waals surface area contributed by atoms with Crippen molar-refractivity contribution in [2.75, 3.05) is 26.4 Å². The Morgan fingerprint density at radius 1 is 1.29 bits per heavy atom. The van der Waals surface area contributed by atoms with E-state index in [1.165, 1.54) is 12.1 Å². The third kappa shape index (κ3) is 8.81. The van der Waals surface area contributed by atoms with Crippen molar-refractivity contribution in [1.29, 1.82) is 0 Å². The molecular formula is C16H22FNO3. The van der Waals surface area contributed by atoms with Crippen molar-refractivity contribution in [3.05, 3.63) is 42.2 Å². The first-order valence-electron chi connectivity index (χ1n) is 6.95. The zero-order chi connectivity index (χ0) is 15.5. The quantitative estimate of drug-likeness (QED) is 0.533. The van der Waals surface area contributed by atoms with Crippen molar-refractivity contribution in [3.63, 3.8) is 0 Å². The van der Waals surface area contributed by atoms with Crippen LogP contribution in [0, 0.1) is 5.82 Å². The summed E-state index contributed by atoms with van der Waals surface area (Å²) in [6, 6.07) is 5.81. The molecule has 0 unspecified atom stereocenters. The van der Waals surface area contributed by atoms with Gasteiger partial charge in [-0.3, -0.25) is 4.79 Å². The molecule has 0 saturated carbocycles. The lowest BCUT2D eigenvalue weighted by Crippen LogP contribution is -2.27. The molecule has 0 atom stereocenters. The van der Waals surface area contributed by atoms with Gasteiger partial charge in [-0.1, -0.05) is 12.2 Å². The van der Waals surface area contributed by atoms with E-state index in [1.54, 1.807) is 12.1 Å². The molecule has 0 bridgehead atoms. The van der Waals surface area contributed by atoms with Crippen molar-refractivity contribution in [3.8, 4) is 5.75 Å². The standard InChI is InChI=1S/C16H22FNO3/c1-13(2)12-20-11-9-18-16(19)4-3-10-21-15-7-5-14(17)6-8-15/h5-8H,1,3-4,9-12H2,2H3,(H,18,19). The second-order valence-corrected chi connectivity index (χ2v) is 4.77. The van der Waals surface area contributed by atoms with Crippen molar-refractivity contribution in [2.45, 2.75) is 19.8 Å². The molecule has 1 N–H and O–H groups in total. The molecular weight excluding hydrogens is 273 g/mol. The van der Waals surface area contributed by atoms with Gasteiger partial charge >= 0.3 is 0 Å². The van der Waals surface area contributed by atoms with Crippen LogP contribution in [0.5, 0.6) is 5.75 Å². The highest BCUT2D eigenvalue weighted by Gasteiger charge is 2.01. The Balaban J connectivity index is 2.00. The molecule has 1 aromatic carbocycles. The number of carbonyl (C=O) groups excluding carboxylic acids is 1. The zero-order valence-corrected chi connectivity index (χ0v) is 12.4. The van der Waals surface area contributed by atoms with E-state index in [0.717, 1.165) is 5.57 Å². The van der Waals surface area contributed by atoms with Gasteiger partial charge in [-0.2, -0.15) is 0 Å². The number of halogens is 1. The molecule has 0 aliphatic carbocycles. The Bertz CT molecular complexity index is 445. The maximum Gasteiger partial charge on any atom is 0.220 e. The Kier molecular flexibility index (Phi) is 8.12. The maximum absolute atomic E-state index is 12.7. The molecule has 0 aliphatic rings. The van der Waals surface area contributed by atoms with E-state index in [1.807, 2.05) is 6.92 Å². The molecule has 0 aliphatic heterocycles. The first-order valence-corrected chi connectivity index (χ1v) is 6.95. The van der Waals surface area contributed by atoms with Gasteiger partial charge in [0.05, 0.1) is 19.8 Å². The lowest BCUT2D eigenvalue weighted by Gasteiger charge is -2.07. The third-order valence-corrected chi connectivity index (χ3v) is 2.55. The van der Waals surface area contributed by atoms with E-state index in [-0.39, 0.29) is 11.7 Å². The molecule has 0 radical (unpaired) electrons. The molecule has 21 heavy (non-hydrogen) atoms. The van der Waals surface area contributed by atoms with Gasteiger partial charge in [0.2, 0.25) is 5.91 Å². The molecule has 0 spiro atoms. The van der Waals surface area contributed by atoms with Crippen LogP contribution in [0.25, 0.3) is 0 Å². The van der Waals surface area contributed by atoms with E-state index < -0.39 is 0 Å². The fraction of sp³-hybridized carbons (Fsp3) is 0.438. The first kappa shape index (κ1) is 17.2. The van der Waals surface area contributed by atoms with Crippen LogP contribution >= 0.6 is 0 Å². The van der Waals surface area contributed by atoms with Crippen LogP contribution < -0.4 is 10.1 Å². The van der Waals surface area contributed by atoms with E-state index in [4.69, 9.17) is 9.47 Å². The van der Waals surface area contributed by atoms with Crippen LogP contribution in [-0.2, 0) is 9.53 Å². The zero-order valence-electron chi connectivity index (χ0n) is 12.4. The topological polar surface area (TPSA) is 47.6 Å². The monoisotopic (exact) mass is 295 g/mol. The molecule has 0 saturated heterocycles. The van der Waals surface area contributed by atoms with Crippen LogP contribution in [0.15, 0.2) is 36.4 Å². The molecule has 5 heteroatoms. The third-order valence-electron chi connectivity index (χ3n) is 2.55. The largest absolute Gasteiger partial charge is 0.494 e. The molecule has 1 rings (SSSR count). The summed E-state index contributed by atoms with van der Waals surface area (Å²) in [6.07, 6.45) is 0.998. The number of ether oxygens (including phenoxy) is 2. The summed E-state index contributed by atoms with van der Waals surface area (Å²) in [5, 5.41) is 2.76. The van der Waals surface area contributed by atoms with Crippen molar-refractivity contribution < 1.29 is 18.7 Å². The van der Waals surface area contributed by atoms with Crippen LogP contribution in [-0.4, -0.2) is 32.3 Å². The van der Waals surface area contributed by atoms with Gasteiger partial charge < -0.3 is 14.8 Å².